The SMILES string of the molecule is CNS(=O)(=O)c1cc(C(=O)NCc2cccc(CN3CCOC(C)C3)c2)ccc1OC. The van der Waals surface area contributed by atoms with E-state index in [0.29, 0.717) is 6.54 Å². The molecule has 3 rings (SSSR count). The number of morpholine rings is 1. The van der Waals surface area contributed by atoms with E-state index in [1.54, 1.807) is 6.07 Å². The van der Waals surface area contributed by atoms with Gasteiger partial charge in [0.25, 0.3) is 5.91 Å². The molecule has 1 fully saturated rings. The summed E-state index contributed by atoms with van der Waals surface area (Å²) < 4.78 is 37.4. The standard InChI is InChI=1S/C22H29N3O5S/c1-16-14-25(9-10-30-16)15-18-6-4-5-17(11-18)13-24-22(26)19-7-8-20(29-3)21(12-19)31(27,28)23-2/h4-8,11-12,16,23H,9-10,13-15H2,1-3H3,(H,24,26). The number of nitrogens with zero attached hydrogens (tertiary/aromatic N) is 1. The van der Waals surface area contributed by atoms with Gasteiger partial charge in [0.05, 0.1) is 19.8 Å². The predicted molar refractivity (Wildman–Crippen MR) is 118 cm³/mol. The number of sulfonamides is 1. The number of amides is 1. The fourth-order valence-corrected chi connectivity index (χ4v) is 4.47. The number of nitrogens with one attached hydrogen (secondary N) is 2. The topological polar surface area (TPSA) is 97.0 Å². The van der Waals surface area contributed by atoms with Crippen molar-refractivity contribution in [2.24, 2.45) is 0 Å². The molecule has 168 valence electrons. The van der Waals surface area contributed by atoms with Crippen LogP contribution in [-0.4, -0.2) is 59.2 Å². The largest absolute Gasteiger partial charge is 0.495 e. The van der Waals surface area contributed by atoms with E-state index in [-0.39, 0.29) is 28.2 Å². The molecule has 1 aliphatic rings. The Balaban J connectivity index is 1.66. The van der Waals surface area contributed by atoms with E-state index < -0.39 is 10.0 Å². The second-order valence-corrected chi connectivity index (χ2v) is 9.35. The molecule has 9 heteroatoms. The summed E-state index contributed by atoms with van der Waals surface area (Å²) in [5.74, 6) is -0.182. The smallest absolute Gasteiger partial charge is 0.251 e. The van der Waals surface area contributed by atoms with Crippen LogP contribution in [0, 0.1) is 0 Å². The second kappa shape index (κ2) is 10.2. The van der Waals surface area contributed by atoms with Crippen LogP contribution in [0.2, 0.25) is 0 Å². The van der Waals surface area contributed by atoms with Gasteiger partial charge in [-0.05, 0) is 43.3 Å². The third-order valence-electron chi connectivity index (χ3n) is 5.16. The molecule has 0 aliphatic carbocycles. The summed E-state index contributed by atoms with van der Waals surface area (Å²) >= 11 is 0. The van der Waals surface area contributed by atoms with Gasteiger partial charge in [-0.3, -0.25) is 9.69 Å². The molecule has 8 nitrogen and oxygen atoms in total. The Morgan fingerprint density at radius 2 is 2.00 bits per heavy atom. The van der Waals surface area contributed by atoms with Gasteiger partial charge in [-0.15, -0.1) is 0 Å². The van der Waals surface area contributed by atoms with Gasteiger partial charge in [0, 0.05) is 31.7 Å². The second-order valence-electron chi connectivity index (χ2n) is 7.49. The highest BCUT2D eigenvalue weighted by atomic mass is 32.2. The van der Waals surface area contributed by atoms with Gasteiger partial charge < -0.3 is 14.8 Å². The van der Waals surface area contributed by atoms with Crippen LogP contribution in [0.25, 0.3) is 0 Å². The minimum atomic E-state index is -3.76. The van der Waals surface area contributed by atoms with Gasteiger partial charge in [-0.1, -0.05) is 24.3 Å². The summed E-state index contributed by atoms with van der Waals surface area (Å²) in [5, 5.41) is 2.86. The van der Waals surface area contributed by atoms with E-state index in [0.717, 1.165) is 31.8 Å². The van der Waals surface area contributed by atoms with Crippen LogP contribution in [0.4, 0.5) is 0 Å². The number of carbonyl (C=O) groups is 1. The molecule has 0 saturated carbocycles. The summed E-state index contributed by atoms with van der Waals surface area (Å²) in [7, 11) is -1.06. The van der Waals surface area contributed by atoms with Crippen molar-refractivity contribution in [2.45, 2.75) is 31.0 Å². The molecule has 2 aromatic carbocycles. The Morgan fingerprint density at radius 1 is 1.23 bits per heavy atom. The first kappa shape index (κ1) is 23.2. The van der Waals surface area contributed by atoms with E-state index in [1.807, 2.05) is 12.1 Å². The first-order valence-electron chi connectivity index (χ1n) is 10.1. The average Bonchev–Trinajstić information content (AvgIpc) is 2.77. The number of benzene rings is 2. The summed E-state index contributed by atoms with van der Waals surface area (Å²) in [6.45, 7) is 5.79. The fraction of sp³-hybridized carbons (Fsp3) is 0.409. The maximum atomic E-state index is 12.6. The summed E-state index contributed by atoms with van der Waals surface area (Å²) in [5.41, 5.74) is 2.39. The molecule has 0 aromatic heterocycles. The lowest BCUT2D eigenvalue weighted by Crippen LogP contribution is -2.40. The molecule has 1 unspecified atom stereocenters. The highest BCUT2D eigenvalue weighted by Crippen LogP contribution is 2.24. The maximum absolute atomic E-state index is 12.6. The van der Waals surface area contributed by atoms with Crippen molar-refractivity contribution in [3.8, 4) is 5.75 Å². The van der Waals surface area contributed by atoms with Crippen molar-refractivity contribution in [2.75, 3.05) is 33.9 Å². The Bertz CT molecular complexity index is 1030. The highest BCUT2D eigenvalue weighted by Gasteiger charge is 2.20. The lowest BCUT2D eigenvalue weighted by Gasteiger charge is -2.31. The zero-order valence-corrected chi connectivity index (χ0v) is 18.9. The molecule has 0 spiro atoms. The molecule has 1 amide bonds. The van der Waals surface area contributed by atoms with E-state index in [9.17, 15) is 13.2 Å². The third-order valence-corrected chi connectivity index (χ3v) is 6.60. The van der Waals surface area contributed by atoms with E-state index >= 15 is 0 Å². The molecule has 2 aromatic rings. The monoisotopic (exact) mass is 447 g/mol. The summed E-state index contributed by atoms with van der Waals surface area (Å²) in [4.78, 5) is 14.9. The first-order chi connectivity index (χ1) is 14.8. The summed E-state index contributed by atoms with van der Waals surface area (Å²) in [6, 6.07) is 12.4. The van der Waals surface area contributed by atoms with Crippen LogP contribution in [0.15, 0.2) is 47.4 Å². The quantitative estimate of drug-likeness (QED) is 0.640. The van der Waals surface area contributed by atoms with Crippen molar-refractivity contribution in [1.29, 1.82) is 0 Å². The molecule has 2 N–H and O–H groups in total. The van der Waals surface area contributed by atoms with Gasteiger partial charge in [0.1, 0.15) is 10.6 Å². The summed E-state index contributed by atoms with van der Waals surface area (Å²) in [6.07, 6.45) is 0.234. The molecular formula is C22H29N3O5S. The van der Waals surface area contributed by atoms with Crippen molar-refractivity contribution < 1.29 is 22.7 Å². The Kier molecular flexibility index (Phi) is 7.66. The zero-order valence-electron chi connectivity index (χ0n) is 18.1. The van der Waals surface area contributed by atoms with Crippen LogP contribution in [0.5, 0.6) is 5.75 Å². The van der Waals surface area contributed by atoms with Crippen LogP contribution in [0.3, 0.4) is 0 Å². The number of ether oxygens (including phenoxy) is 2. The lowest BCUT2D eigenvalue weighted by molar-refractivity contribution is -0.0212. The van der Waals surface area contributed by atoms with Crippen LogP contribution in [0.1, 0.15) is 28.4 Å². The Labute approximate surface area is 183 Å². The molecular weight excluding hydrogens is 418 g/mol. The number of methoxy groups -OCH3 is 1. The predicted octanol–water partition coefficient (Wildman–Crippen LogP) is 1.75. The van der Waals surface area contributed by atoms with Crippen LogP contribution in [-0.2, 0) is 27.8 Å². The van der Waals surface area contributed by atoms with Gasteiger partial charge >= 0.3 is 0 Å². The molecule has 1 heterocycles. The van der Waals surface area contributed by atoms with Crippen molar-refractivity contribution in [3.63, 3.8) is 0 Å². The number of rotatable bonds is 8. The molecule has 0 bridgehead atoms. The molecule has 1 atom stereocenters. The molecule has 1 aliphatic heterocycles. The molecule has 1 saturated heterocycles. The normalized spacial score (nSPS) is 17.3. The third kappa shape index (κ3) is 6.04. The minimum Gasteiger partial charge on any atom is -0.495 e. The first-order valence-corrected chi connectivity index (χ1v) is 11.6. The van der Waals surface area contributed by atoms with Gasteiger partial charge in [-0.25, -0.2) is 13.1 Å². The highest BCUT2D eigenvalue weighted by molar-refractivity contribution is 7.89. The fourth-order valence-electron chi connectivity index (χ4n) is 3.55. The van der Waals surface area contributed by atoms with Crippen LogP contribution < -0.4 is 14.8 Å². The molecule has 31 heavy (non-hydrogen) atoms. The number of hydrogen-bond acceptors (Lipinski definition) is 6. The van der Waals surface area contributed by atoms with E-state index in [1.165, 1.54) is 31.9 Å². The molecule has 0 radical (unpaired) electrons. The zero-order chi connectivity index (χ0) is 22.4. The minimum absolute atomic E-state index is 0.0770. The van der Waals surface area contributed by atoms with Crippen molar-refractivity contribution >= 4 is 15.9 Å². The lowest BCUT2D eigenvalue weighted by atomic mass is 10.1. The maximum Gasteiger partial charge on any atom is 0.251 e. The number of hydrogen-bond donors (Lipinski definition) is 2. The van der Waals surface area contributed by atoms with Gasteiger partial charge in [0.15, 0.2) is 0 Å². The van der Waals surface area contributed by atoms with Gasteiger partial charge in [-0.2, -0.15) is 0 Å². The Hall–Kier alpha value is -2.46. The Morgan fingerprint density at radius 3 is 2.71 bits per heavy atom. The average molecular weight is 448 g/mol. The van der Waals surface area contributed by atoms with Crippen LogP contribution >= 0.6 is 0 Å². The number of carbonyl (C=O) groups excluding carboxylic acids is 1. The van der Waals surface area contributed by atoms with Crippen molar-refractivity contribution in [1.82, 2.24) is 14.9 Å². The van der Waals surface area contributed by atoms with E-state index in [2.05, 4.69) is 34.0 Å². The van der Waals surface area contributed by atoms with Gasteiger partial charge in [0.2, 0.25) is 10.0 Å². The van der Waals surface area contributed by atoms with E-state index in [4.69, 9.17) is 9.47 Å². The van der Waals surface area contributed by atoms with Crippen molar-refractivity contribution in [3.05, 3.63) is 59.2 Å².